The van der Waals surface area contributed by atoms with E-state index in [1.807, 2.05) is 25.1 Å². The molecule has 7 nitrogen and oxygen atoms in total. The van der Waals surface area contributed by atoms with E-state index in [-0.39, 0.29) is 17.4 Å². The van der Waals surface area contributed by atoms with Crippen molar-refractivity contribution in [3.8, 4) is 22.7 Å². The zero-order valence-electron chi connectivity index (χ0n) is 20.2. The van der Waals surface area contributed by atoms with Crippen molar-refractivity contribution >= 4 is 27.5 Å². The van der Waals surface area contributed by atoms with Crippen LogP contribution in [0.3, 0.4) is 0 Å². The summed E-state index contributed by atoms with van der Waals surface area (Å²) in [4.78, 5) is 18.4. The van der Waals surface area contributed by atoms with Gasteiger partial charge >= 0.3 is 0 Å². The van der Waals surface area contributed by atoms with Gasteiger partial charge in [-0.3, -0.25) is 14.0 Å². The third kappa shape index (κ3) is 3.67. The molecule has 0 fully saturated rings. The minimum absolute atomic E-state index is 0.0382. The highest BCUT2D eigenvalue weighted by atomic mass is 19.1. The number of fused-ring (bicyclic) bond motifs is 2. The van der Waals surface area contributed by atoms with Gasteiger partial charge in [-0.05, 0) is 61.0 Å². The first-order chi connectivity index (χ1) is 18.3. The van der Waals surface area contributed by atoms with Crippen molar-refractivity contribution in [2.24, 2.45) is 0 Å². The number of halogens is 2. The topological polar surface area (TPSA) is 99.0 Å². The third-order valence-corrected chi connectivity index (χ3v) is 6.60. The molecule has 0 atom stereocenters. The van der Waals surface area contributed by atoms with Gasteiger partial charge in [0.25, 0.3) is 5.56 Å². The van der Waals surface area contributed by atoms with E-state index in [1.165, 1.54) is 28.8 Å². The second kappa shape index (κ2) is 8.81. The van der Waals surface area contributed by atoms with E-state index >= 15 is 0 Å². The minimum Gasteiger partial charge on any atom is -0.505 e. The molecule has 3 N–H and O–H groups in total. The van der Waals surface area contributed by atoms with Crippen LogP contribution in [0.15, 0.2) is 83.7 Å². The number of anilines is 1. The molecule has 6 rings (SSSR count). The van der Waals surface area contributed by atoms with Crippen molar-refractivity contribution in [3.05, 3.63) is 112 Å². The maximum absolute atomic E-state index is 14.8. The number of phenols is 1. The van der Waals surface area contributed by atoms with Gasteiger partial charge in [-0.1, -0.05) is 30.3 Å². The fourth-order valence-electron chi connectivity index (χ4n) is 4.77. The lowest BCUT2D eigenvalue weighted by Gasteiger charge is -2.16. The van der Waals surface area contributed by atoms with Crippen LogP contribution in [0.1, 0.15) is 11.4 Å². The molecule has 2 aromatic heterocycles. The largest absolute Gasteiger partial charge is 0.505 e. The Labute approximate surface area is 215 Å². The molecule has 6 aromatic rings. The molecule has 38 heavy (non-hydrogen) atoms. The van der Waals surface area contributed by atoms with Crippen LogP contribution in [-0.4, -0.2) is 24.4 Å². The number of hydrogen-bond donors (Lipinski definition) is 2. The first-order valence-electron chi connectivity index (χ1n) is 11.8. The molecular weight excluding hydrogens is 488 g/mol. The van der Waals surface area contributed by atoms with Gasteiger partial charge < -0.3 is 10.8 Å². The van der Waals surface area contributed by atoms with Gasteiger partial charge in [0.15, 0.2) is 11.6 Å². The standard InChI is InChI=1S/C29H21F2N5O2/c1-16-6-2-3-10-22(16)36-25(33-21-9-4-7-18(30)26(21)29(36)38)15-35-23-11-5-8-20(32)27(23)28(34-35)17-12-13-24(37)19(31)14-17/h2-14,37H,15,32H2,1H3. The zero-order valence-corrected chi connectivity index (χ0v) is 20.2. The molecule has 4 aromatic carbocycles. The first-order valence-corrected chi connectivity index (χ1v) is 11.8. The lowest BCUT2D eigenvalue weighted by atomic mass is 10.1. The Morgan fingerprint density at radius 2 is 1.71 bits per heavy atom. The highest BCUT2D eigenvalue weighted by molar-refractivity contribution is 6.01. The number of nitrogens with two attached hydrogens (primary N) is 1. The summed E-state index contributed by atoms with van der Waals surface area (Å²) in [6.45, 7) is 1.90. The molecule has 0 saturated carbocycles. The normalized spacial score (nSPS) is 11.4. The van der Waals surface area contributed by atoms with E-state index in [9.17, 15) is 18.7 Å². The lowest BCUT2D eigenvalue weighted by Crippen LogP contribution is -2.26. The van der Waals surface area contributed by atoms with Gasteiger partial charge in [0.05, 0.1) is 22.1 Å². The Bertz CT molecular complexity index is 1940. The van der Waals surface area contributed by atoms with Crippen molar-refractivity contribution in [1.82, 2.24) is 19.3 Å². The smallest absolute Gasteiger partial charge is 0.269 e. The summed E-state index contributed by atoms with van der Waals surface area (Å²) >= 11 is 0. The van der Waals surface area contributed by atoms with Gasteiger partial charge in [-0.2, -0.15) is 5.10 Å². The maximum Gasteiger partial charge on any atom is 0.269 e. The second-order valence-corrected chi connectivity index (χ2v) is 9.00. The van der Waals surface area contributed by atoms with E-state index < -0.39 is 22.9 Å². The predicted molar refractivity (Wildman–Crippen MR) is 142 cm³/mol. The van der Waals surface area contributed by atoms with E-state index in [0.29, 0.717) is 39.4 Å². The minimum atomic E-state index is -0.786. The first kappa shape index (κ1) is 23.4. The highest BCUT2D eigenvalue weighted by Gasteiger charge is 2.21. The quantitative estimate of drug-likeness (QED) is 0.313. The molecule has 0 bridgehead atoms. The van der Waals surface area contributed by atoms with Gasteiger partial charge in [-0.15, -0.1) is 0 Å². The van der Waals surface area contributed by atoms with Crippen LogP contribution in [0.25, 0.3) is 38.8 Å². The van der Waals surface area contributed by atoms with Gasteiger partial charge in [0, 0.05) is 11.3 Å². The molecule has 0 spiro atoms. The van der Waals surface area contributed by atoms with Gasteiger partial charge in [-0.25, -0.2) is 13.8 Å². The number of benzene rings is 4. The number of aryl methyl sites for hydroxylation is 1. The van der Waals surface area contributed by atoms with E-state index in [0.717, 1.165) is 5.56 Å². The molecule has 0 saturated heterocycles. The Morgan fingerprint density at radius 1 is 0.921 bits per heavy atom. The van der Waals surface area contributed by atoms with Crippen molar-refractivity contribution in [2.45, 2.75) is 13.5 Å². The molecule has 188 valence electrons. The molecule has 2 heterocycles. The summed E-state index contributed by atoms with van der Waals surface area (Å²) in [5, 5.41) is 14.9. The summed E-state index contributed by atoms with van der Waals surface area (Å²) in [6.07, 6.45) is 0. The Morgan fingerprint density at radius 3 is 2.50 bits per heavy atom. The highest BCUT2D eigenvalue weighted by Crippen LogP contribution is 2.34. The van der Waals surface area contributed by atoms with Crippen molar-refractivity contribution in [1.29, 1.82) is 0 Å². The van der Waals surface area contributed by atoms with Crippen molar-refractivity contribution < 1.29 is 13.9 Å². The SMILES string of the molecule is Cc1ccccc1-n1c(Cn2nc(-c3ccc(O)c(F)c3)c3c(N)cccc32)nc2cccc(F)c2c1=O. The van der Waals surface area contributed by atoms with E-state index in [2.05, 4.69) is 4.98 Å². The molecule has 0 aliphatic rings. The van der Waals surface area contributed by atoms with Gasteiger partial charge in [0.1, 0.15) is 29.3 Å². The fourth-order valence-corrected chi connectivity index (χ4v) is 4.77. The average Bonchev–Trinajstić information content (AvgIpc) is 3.26. The number of aromatic hydroxyl groups is 1. The van der Waals surface area contributed by atoms with Crippen LogP contribution in [0, 0.1) is 18.6 Å². The van der Waals surface area contributed by atoms with Crippen LogP contribution in [-0.2, 0) is 6.54 Å². The maximum atomic E-state index is 14.8. The summed E-state index contributed by atoms with van der Waals surface area (Å²) in [7, 11) is 0. The Balaban J connectivity index is 1.62. The summed E-state index contributed by atoms with van der Waals surface area (Å²) in [5.74, 6) is -1.58. The molecule has 9 heteroatoms. The average molecular weight is 510 g/mol. The van der Waals surface area contributed by atoms with Crippen molar-refractivity contribution in [3.63, 3.8) is 0 Å². The monoisotopic (exact) mass is 509 g/mol. The molecule has 0 unspecified atom stereocenters. The summed E-state index contributed by atoms with van der Waals surface area (Å²) < 4.78 is 32.0. The fraction of sp³-hybridized carbons (Fsp3) is 0.0690. The molecule has 0 amide bonds. The molecular formula is C29H21F2N5O2. The Hall–Kier alpha value is -5.05. The van der Waals surface area contributed by atoms with Crippen LogP contribution in [0.4, 0.5) is 14.5 Å². The van der Waals surface area contributed by atoms with Crippen molar-refractivity contribution in [2.75, 3.05) is 5.73 Å². The second-order valence-electron chi connectivity index (χ2n) is 9.00. The van der Waals surface area contributed by atoms with Crippen LogP contribution >= 0.6 is 0 Å². The van der Waals surface area contributed by atoms with Crippen LogP contribution in [0.2, 0.25) is 0 Å². The van der Waals surface area contributed by atoms with Crippen LogP contribution in [0.5, 0.6) is 5.75 Å². The van der Waals surface area contributed by atoms with E-state index in [4.69, 9.17) is 10.8 Å². The third-order valence-electron chi connectivity index (χ3n) is 6.60. The Kier molecular flexibility index (Phi) is 5.41. The predicted octanol–water partition coefficient (Wildman–Crippen LogP) is 5.33. The van der Waals surface area contributed by atoms with Gasteiger partial charge in [0.2, 0.25) is 0 Å². The zero-order chi connectivity index (χ0) is 26.6. The number of rotatable bonds is 4. The number of aromatic nitrogens is 4. The lowest BCUT2D eigenvalue weighted by molar-refractivity contribution is 0.432. The molecule has 0 aliphatic heterocycles. The molecule has 0 radical (unpaired) electrons. The van der Waals surface area contributed by atoms with Crippen LogP contribution < -0.4 is 11.3 Å². The molecule has 0 aliphatic carbocycles. The number of phenolic OH excluding ortho intramolecular Hbond substituents is 1. The number of nitrogens with zero attached hydrogens (tertiary/aromatic N) is 4. The number of hydrogen-bond acceptors (Lipinski definition) is 5. The summed E-state index contributed by atoms with van der Waals surface area (Å²) in [6, 6.07) is 20.9. The summed E-state index contributed by atoms with van der Waals surface area (Å²) in [5.41, 5.74) is 9.29. The van der Waals surface area contributed by atoms with E-state index in [1.54, 1.807) is 41.1 Å². The number of nitrogen functional groups attached to an aromatic ring is 1. The number of para-hydroxylation sites is 1.